The van der Waals surface area contributed by atoms with E-state index in [9.17, 15) is 14.4 Å². The van der Waals surface area contributed by atoms with Crippen LogP contribution in [0.1, 0.15) is 25.6 Å². The second kappa shape index (κ2) is 7.27. The summed E-state index contributed by atoms with van der Waals surface area (Å²) < 4.78 is 1.75. The number of nitrogens with one attached hydrogen (secondary N) is 2. The van der Waals surface area contributed by atoms with Crippen molar-refractivity contribution < 1.29 is 19.5 Å². The van der Waals surface area contributed by atoms with Gasteiger partial charge in [0.1, 0.15) is 5.82 Å². The standard InChI is InChI=1S/C12H18N4O4/c1-8(6-11(18)19)5-10(17)15-12(20)14-7-9-13-3-4-16(9)2/h3-4,8H,5-7H2,1-2H3,(H,18,19)(H2,14,15,17,20). The van der Waals surface area contributed by atoms with E-state index in [1.807, 2.05) is 0 Å². The molecule has 1 heterocycles. The molecular formula is C12H18N4O4. The molecule has 1 rings (SSSR count). The fourth-order valence-corrected chi connectivity index (χ4v) is 1.63. The molecule has 1 aromatic rings. The Bertz CT molecular complexity index is 497. The summed E-state index contributed by atoms with van der Waals surface area (Å²) >= 11 is 0. The molecule has 1 aromatic heterocycles. The minimum Gasteiger partial charge on any atom is -0.481 e. The molecule has 0 aliphatic rings. The molecule has 110 valence electrons. The summed E-state index contributed by atoms with van der Waals surface area (Å²) in [7, 11) is 1.79. The number of hydrogen-bond acceptors (Lipinski definition) is 4. The van der Waals surface area contributed by atoms with Gasteiger partial charge in [0.25, 0.3) is 0 Å². The molecule has 0 aliphatic heterocycles. The number of nitrogens with zero attached hydrogens (tertiary/aromatic N) is 2. The Labute approximate surface area is 116 Å². The normalized spacial score (nSPS) is 11.7. The summed E-state index contributed by atoms with van der Waals surface area (Å²) in [5.74, 6) is -1.14. The highest BCUT2D eigenvalue weighted by molar-refractivity contribution is 5.94. The van der Waals surface area contributed by atoms with Gasteiger partial charge in [0.2, 0.25) is 5.91 Å². The number of urea groups is 1. The van der Waals surface area contributed by atoms with Crippen LogP contribution in [0.3, 0.4) is 0 Å². The number of aromatic nitrogens is 2. The summed E-state index contributed by atoms with van der Waals surface area (Å²) in [6.07, 6.45) is 3.23. The number of aryl methyl sites for hydroxylation is 1. The Balaban J connectivity index is 2.29. The molecule has 8 nitrogen and oxygen atoms in total. The highest BCUT2D eigenvalue weighted by Crippen LogP contribution is 2.06. The Morgan fingerprint density at radius 2 is 2.10 bits per heavy atom. The fourth-order valence-electron chi connectivity index (χ4n) is 1.63. The lowest BCUT2D eigenvalue weighted by Crippen LogP contribution is -2.40. The van der Waals surface area contributed by atoms with E-state index in [2.05, 4.69) is 15.6 Å². The van der Waals surface area contributed by atoms with E-state index in [0.717, 1.165) is 0 Å². The minimum atomic E-state index is -0.968. The average molecular weight is 282 g/mol. The molecule has 0 aliphatic carbocycles. The van der Waals surface area contributed by atoms with Gasteiger partial charge >= 0.3 is 12.0 Å². The highest BCUT2D eigenvalue weighted by Gasteiger charge is 2.14. The molecule has 20 heavy (non-hydrogen) atoms. The van der Waals surface area contributed by atoms with Crippen molar-refractivity contribution in [3.8, 4) is 0 Å². The maximum absolute atomic E-state index is 11.5. The number of carboxylic acids is 1. The number of imide groups is 1. The van der Waals surface area contributed by atoms with E-state index in [0.29, 0.717) is 5.82 Å². The van der Waals surface area contributed by atoms with Gasteiger partial charge in [-0.1, -0.05) is 6.92 Å². The lowest BCUT2D eigenvalue weighted by molar-refractivity contribution is -0.138. The van der Waals surface area contributed by atoms with Crippen molar-refractivity contribution in [3.05, 3.63) is 18.2 Å². The first-order valence-electron chi connectivity index (χ1n) is 6.14. The van der Waals surface area contributed by atoms with E-state index in [4.69, 9.17) is 5.11 Å². The van der Waals surface area contributed by atoms with Crippen LogP contribution in [0.25, 0.3) is 0 Å². The molecule has 0 saturated carbocycles. The number of amides is 3. The molecule has 3 N–H and O–H groups in total. The van der Waals surface area contributed by atoms with Crippen molar-refractivity contribution in [1.29, 1.82) is 0 Å². The maximum Gasteiger partial charge on any atom is 0.321 e. The molecule has 0 bridgehead atoms. The number of aliphatic carboxylic acids is 1. The van der Waals surface area contributed by atoms with Gasteiger partial charge in [-0.15, -0.1) is 0 Å². The Morgan fingerprint density at radius 1 is 1.40 bits per heavy atom. The summed E-state index contributed by atoms with van der Waals surface area (Å²) in [4.78, 5) is 37.4. The molecule has 8 heteroatoms. The molecule has 0 radical (unpaired) electrons. The van der Waals surface area contributed by atoms with Crippen LogP contribution in [0.5, 0.6) is 0 Å². The van der Waals surface area contributed by atoms with E-state index in [-0.39, 0.29) is 25.3 Å². The first-order valence-corrected chi connectivity index (χ1v) is 6.14. The van der Waals surface area contributed by atoms with Crippen LogP contribution in [0.15, 0.2) is 12.4 Å². The van der Waals surface area contributed by atoms with Crippen molar-refractivity contribution in [3.63, 3.8) is 0 Å². The van der Waals surface area contributed by atoms with Crippen LogP contribution in [-0.4, -0.2) is 32.6 Å². The number of carbonyl (C=O) groups is 3. The third kappa shape index (κ3) is 5.51. The summed E-state index contributed by atoms with van der Waals surface area (Å²) in [6.45, 7) is 1.84. The molecule has 0 spiro atoms. The van der Waals surface area contributed by atoms with Crippen molar-refractivity contribution in [2.45, 2.75) is 26.3 Å². The molecule has 1 atom stereocenters. The number of imidazole rings is 1. The van der Waals surface area contributed by atoms with Crippen LogP contribution >= 0.6 is 0 Å². The first kappa shape index (κ1) is 15.7. The summed E-state index contributed by atoms with van der Waals surface area (Å²) in [5.41, 5.74) is 0. The zero-order valence-corrected chi connectivity index (χ0v) is 11.4. The first-order chi connectivity index (χ1) is 9.38. The van der Waals surface area contributed by atoms with Gasteiger partial charge in [-0.2, -0.15) is 0 Å². The van der Waals surface area contributed by atoms with E-state index in [1.54, 1.807) is 30.9 Å². The smallest absolute Gasteiger partial charge is 0.321 e. The maximum atomic E-state index is 11.5. The van der Waals surface area contributed by atoms with Crippen LogP contribution in [0, 0.1) is 5.92 Å². The van der Waals surface area contributed by atoms with Gasteiger partial charge in [0.05, 0.1) is 6.54 Å². The SMILES string of the molecule is CC(CC(=O)O)CC(=O)NC(=O)NCc1nccn1C. The quantitative estimate of drug-likeness (QED) is 0.692. The molecule has 0 fully saturated rings. The molecular weight excluding hydrogens is 264 g/mol. The summed E-state index contributed by atoms with van der Waals surface area (Å²) in [6, 6.07) is -0.625. The lowest BCUT2D eigenvalue weighted by atomic mass is 10.0. The van der Waals surface area contributed by atoms with Gasteiger partial charge in [0, 0.05) is 32.3 Å². The number of rotatable bonds is 6. The van der Waals surface area contributed by atoms with Gasteiger partial charge in [-0.05, 0) is 5.92 Å². The fraction of sp³-hybridized carbons (Fsp3) is 0.500. The number of carbonyl (C=O) groups excluding carboxylic acids is 2. The molecule has 0 aromatic carbocycles. The van der Waals surface area contributed by atoms with Crippen molar-refractivity contribution in [2.75, 3.05) is 0 Å². The summed E-state index contributed by atoms with van der Waals surface area (Å²) in [5, 5.41) is 13.2. The Kier molecular flexibility index (Phi) is 5.70. The lowest BCUT2D eigenvalue weighted by Gasteiger charge is -2.09. The highest BCUT2D eigenvalue weighted by atomic mass is 16.4. The number of hydrogen-bond donors (Lipinski definition) is 3. The second-order valence-corrected chi connectivity index (χ2v) is 4.59. The number of carboxylic acid groups (broad SMARTS) is 1. The van der Waals surface area contributed by atoms with Crippen molar-refractivity contribution in [1.82, 2.24) is 20.2 Å². The molecule has 3 amide bonds. The van der Waals surface area contributed by atoms with Crippen LogP contribution < -0.4 is 10.6 Å². The van der Waals surface area contributed by atoms with Crippen molar-refractivity contribution >= 4 is 17.9 Å². The Hall–Kier alpha value is -2.38. The zero-order chi connectivity index (χ0) is 15.1. The van der Waals surface area contributed by atoms with Crippen LogP contribution in [-0.2, 0) is 23.2 Å². The van der Waals surface area contributed by atoms with Gasteiger partial charge in [-0.3, -0.25) is 14.9 Å². The minimum absolute atomic E-state index is 0.0118. The van der Waals surface area contributed by atoms with E-state index >= 15 is 0 Å². The Morgan fingerprint density at radius 3 is 2.65 bits per heavy atom. The second-order valence-electron chi connectivity index (χ2n) is 4.59. The van der Waals surface area contributed by atoms with E-state index in [1.165, 1.54) is 0 Å². The largest absolute Gasteiger partial charge is 0.481 e. The zero-order valence-electron chi connectivity index (χ0n) is 11.4. The van der Waals surface area contributed by atoms with Crippen LogP contribution in [0.2, 0.25) is 0 Å². The van der Waals surface area contributed by atoms with Gasteiger partial charge < -0.3 is 15.0 Å². The molecule has 0 saturated heterocycles. The van der Waals surface area contributed by atoms with Crippen molar-refractivity contribution in [2.24, 2.45) is 13.0 Å². The monoisotopic (exact) mass is 282 g/mol. The average Bonchev–Trinajstić information content (AvgIpc) is 2.70. The third-order valence-electron chi connectivity index (χ3n) is 2.64. The van der Waals surface area contributed by atoms with E-state index < -0.39 is 17.9 Å². The van der Waals surface area contributed by atoms with Gasteiger partial charge in [0.15, 0.2) is 0 Å². The molecule has 1 unspecified atom stereocenters. The van der Waals surface area contributed by atoms with Gasteiger partial charge in [-0.25, -0.2) is 9.78 Å². The topological polar surface area (TPSA) is 113 Å². The predicted molar refractivity (Wildman–Crippen MR) is 69.6 cm³/mol. The third-order valence-corrected chi connectivity index (χ3v) is 2.64. The van der Waals surface area contributed by atoms with Crippen LogP contribution in [0.4, 0.5) is 4.79 Å². The predicted octanol–water partition coefficient (Wildman–Crippen LogP) is 0.247.